The summed E-state index contributed by atoms with van der Waals surface area (Å²) in [6, 6.07) is 6.89. The van der Waals surface area contributed by atoms with E-state index in [2.05, 4.69) is 27.6 Å². The molecule has 1 fully saturated rings. The van der Waals surface area contributed by atoms with E-state index in [1.165, 1.54) is 43.2 Å². The van der Waals surface area contributed by atoms with E-state index >= 15 is 0 Å². The van der Waals surface area contributed by atoms with Crippen molar-refractivity contribution >= 4 is 28.3 Å². The molecule has 0 saturated heterocycles. The Hall–Kier alpha value is -2.32. The van der Waals surface area contributed by atoms with Crippen LogP contribution in [0.4, 0.5) is 14.3 Å². The molecule has 0 aliphatic heterocycles. The highest BCUT2D eigenvalue weighted by Gasteiger charge is 2.28. The number of ketones is 1. The van der Waals surface area contributed by atoms with E-state index in [1.807, 2.05) is 12.1 Å². The third-order valence-electron chi connectivity index (χ3n) is 6.19. The van der Waals surface area contributed by atoms with Crippen LogP contribution in [0.3, 0.4) is 0 Å². The van der Waals surface area contributed by atoms with Gasteiger partial charge in [0.05, 0.1) is 10.6 Å². The van der Waals surface area contributed by atoms with Crippen LogP contribution in [0.5, 0.6) is 0 Å². The first-order chi connectivity index (χ1) is 15.3. The van der Waals surface area contributed by atoms with Crippen molar-refractivity contribution in [1.29, 1.82) is 0 Å². The highest BCUT2D eigenvalue weighted by atomic mass is 32.1. The van der Waals surface area contributed by atoms with Crippen LogP contribution in [0.15, 0.2) is 24.3 Å². The minimum Gasteiger partial charge on any atom is -0.337 e. The number of benzene rings is 1. The fourth-order valence-corrected chi connectivity index (χ4v) is 5.35. The van der Waals surface area contributed by atoms with Gasteiger partial charge in [-0.2, -0.15) is 0 Å². The van der Waals surface area contributed by atoms with E-state index in [9.17, 15) is 14.0 Å². The molecule has 32 heavy (non-hydrogen) atoms. The summed E-state index contributed by atoms with van der Waals surface area (Å²) < 4.78 is 13.1. The Balaban J connectivity index is 1.46. The molecule has 1 heterocycles. The van der Waals surface area contributed by atoms with Gasteiger partial charge in [0, 0.05) is 19.5 Å². The van der Waals surface area contributed by atoms with Gasteiger partial charge in [0.25, 0.3) is 0 Å². The molecule has 174 valence electrons. The van der Waals surface area contributed by atoms with Crippen LogP contribution in [0, 0.1) is 18.7 Å². The Bertz CT molecular complexity index is 915. The number of carbonyl (C=O) groups is 2. The van der Waals surface area contributed by atoms with E-state index in [0.29, 0.717) is 34.2 Å². The average Bonchev–Trinajstić information content (AvgIpc) is 3.14. The molecule has 1 aromatic carbocycles. The lowest BCUT2D eigenvalue weighted by Crippen LogP contribution is -2.46. The van der Waals surface area contributed by atoms with Crippen molar-refractivity contribution < 1.29 is 14.0 Å². The van der Waals surface area contributed by atoms with Gasteiger partial charge in [0.15, 0.2) is 10.9 Å². The second-order valence-electron chi connectivity index (χ2n) is 8.65. The minimum absolute atomic E-state index is 0.0408. The number of halogens is 1. The van der Waals surface area contributed by atoms with Gasteiger partial charge in [0.1, 0.15) is 5.82 Å². The third kappa shape index (κ3) is 6.84. The molecule has 2 amide bonds. The summed E-state index contributed by atoms with van der Waals surface area (Å²) in [5, 5.41) is 6.21. The molecule has 8 heteroatoms. The van der Waals surface area contributed by atoms with Crippen LogP contribution in [0.1, 0.15) is 60.0 Å². The van der Waals surface area contributed by atoms with Crippen LogP contribution >= 0.6 is 11.3 Å². The molecular weight excluding hydrogens is 427 g/mol. The van der Waals surface area contributed by atoms with Gasteiger partial charge in [-0.05, 0) is 69.8 Å². The number of urea groups is 1. The number of nitrogens with one attached hydrogen (secondary N) is 2. The van der Waals surface area contributed by atoms with Gasteiger partial charge < -0.3 is 10.2 Å². The topological polar surface area (TPSA) is 74.3 Å². The van der Waals surface area contributed by atoms with Gasteiger partial charge >= 0.3 is 6.03 Å². The van der Waals surface area contributed by atoms with Gasteiger partial charge in [-0.1, -0.05) is 36.3 Å². The number of amides is 2. The van der Waals surface area contributed by atoms with Gasteiger partial charge in [0.2, 0.25) is 0 Å². The SMILES string of the molecule is CC(=O)c1sc(NC(=O)NC[C@@H]2CCCC[C@H]2N(C)CCCc2ccc(F)cc2)nc1C. The molecule has 1 aliphatic rings. The third-order valence-corrected chi connectivity index (χ3v) is 7.36. The second kappa shape index (κ2) is 11.5. The lowest BCUT2D eigenvalue weighted by Gasteiger charge is -2.38. The fraction of sp³-hybridized carbons (Fsp3) is 0.542. The molecule has 0 radical (unpaired) electrons. The summed E-state index contributed by atoms with van der Waals surface area (Å²) >= 11 is 1.21. The standard InChI is InChI=1S/C24H33FN4O2S/c1-16-22(17(2)30)32-24(27-16)28-23(31)26-15-19-8-4-5-9-21(19)29(3)14-6-7-18-10-12-20(25)13-11-18/h10-13,19,21H,4-9,14-15H2,1-3H3,(H2,26,27,28,31)/t19-,21+/m0/s1. The molecule has 1 aromatic heterocycles. The summed E-state index contributed by atoms with van der Waals surface area (Å²) in [7, 11) is 2.16. The molecule has 1 saturated carbocycles. The number of Topliss-reactive ketones (excluding diaryl/α,β-unsaturated/α-hetero) is 1. The molecular formula is C24H33FN4O2S. The summed E-state index contributed by atoms with van der Waals surface area (Å²) in [6.45, 7) is 4.86. The highest BCUT2D eigenvalue weighted by molar-refractivity contribution is 7.17. The second-order valence-corrected chi connectivity index (χ2v) is 9.65. The van der Waals surface area contributed by atoms with Crippen molar-refractivity contribution in [3.63, 3.8) is 0 Å². The average molecular weight is 461 g/mol. The smallest absolute Gasteiger partial charge is 0.321 e. The molecule has 0 bridgehead atoms. The first-order valence-corrected chi connectivity index (χ1v) is 12.1. The Labute approximate surface area is 193 Å². The molecule has 2 N–H and O–H groups in total. The summed E-state index contributed by atoms with van der Waals surface area (Å²) in [4.78, 5) is 31.2. The zero-order valence-electron chi connectivity index (χ0n) is 19.1. The normalized spacial score (nSPS) is 18.5. The van der Waals surface area contributed by atoms with E-state index in [4.69, 9.17) is 0 Å². The highest BCUT2D eigenvalue weighted by Crippen LogP contribution is 2.28. The van der Waals surface area contributed by atoms with E-state index < -0.39 is 0 Å². The van der Waals surface area contributed by atoms with Crippen molar-refractivity contribution in [2.75, 3.05) is 25.5 Å². The van der Waals surface area contributed by atoms with Crippen molar-refractivity contribution in [1.82, 2.24) is 15.2 Å². The van der Waals surface area contributed by atoms with Crippen molar-refractivity contribution in [2.24, 2.45) is 5.92 Å². The lowest BCUT2D eigenvalue weighted by atomic mass is 9.83. The molecule has 3 rings (SSSR count). The van der Waals surface area contributed by atoms with Crippen LogP contribution in [0.25, 0.3) is 0 Å². The van der Waals surface area contributed by atoms with Gasteiger partial charge in [-0.15, -0.1) is 0 Å². The predicted octanol–water partition coefficient (Wildman–Crippen LogP) is 5.04. The largest absolute Gasteiger partial charge is 0.337 e. The Morgan fingerprint density at radius 2 is 1.94 bits per heavy atom. The maximum Gasteiger partial charge on any atom is 0.321 e. The molecule has 2 atom stereocenters. The first-order valence-electron chi connectivity index (χ1n) is 11.3. The van der Waals surface area contributed by atoms with Crippen LogP contribution < -0.4 is 10.6 Å². The van der Waals surface area contributed by atoms with Crippen molar-refractivity contribution in [2.45, 2.75) is 58.4 Å². The summed E-state index contributed by atoms with van der Waals surface area (Å²) in [5.41, 5.74) is 1.80. The number of thiazole rings is 1. The number of aryl methyl sites for hydroxylation is 2. The maximum atomic E-state index is 13.1. The van der Waals surface area contributed by atoms with E-state index in [-0.39, 0.29) is 17.6 Å². The molecule has 6 nitrogen and oxygen atoms in total. The minimum atomic E-state index is -0.280. The molecule has 0 spiro atoms. The first kappa shape index (κ1) is 24.3. The Morgan fingerprint density at radius 3 is 2.62 bits per heavy atom. The van der Waals surface area contributed by atoms with E-state index in [0.717, 1.165) is 37.8 Å². The van der Waals surface area contributed by atoms with Gasteiger partial charge in [-0.3, -0.25) is 10.1 Å². The van der Waals surface area contributed by atoms with Crippen molar-refractivity contribution in [3.8, 4) is 0 Å². The van der Waals surface area contributed by atoms with Crippen LogP contribution in [-0.2, 0) is 6.42 Å². The molecule has 1 aliphatic carbocycles. The number of hydrogen-bond acceptors (Lipinski definition) is 5. The zero-order valence-corrected chi connectivity index (χ0v) is 19.9. The summed E-state index contributed by atoms with van der Waals surface area (Å²) in [5.74, 6) is 0.161. The summed E-state index contributed by atoms with van der Waals surface area (Å²) in [6.07, 6.45) is 6.56. The van der Waals surface area contributed by atoms with Gasteiger partial charge in [-0.25, -0.2) is 14.2 Å². The van der Waals surface area contributed by atoms with Crippen LogP contribution in [0.2, 0.25) is 0 Å². The number of aromatic nitrogens is 1. The predicted molar refractivity (Wildman–Crippen MR) is 127 cm³/mol. The van der Waals surface area contributed by atoms with Crippen LogP contribution in [-0.4, -0.2) is 47.9 Å². The number of anilines is 1. The maximum absolute atomic E-state index is 13.1. The quantitative estimate of drug-likeness (QED) is 0.514. The lowest BCUT2D eigenvalue weighted by molar-refractivity contribution is 0.102. The van der Waals surface area contributed by atoms with E-state index in [1.54, 1.807) is 6.92 Å². The number of hydrogen-bond donors (Lipinski definition) is 2. The number of nitrogens with zero attached hydrogens (tertiary/aromatic N) is 2. The molecule has 2 aromatic rings. The monoisotopic (exact) mass is 460 g/mol. The zero-order chi connectivity index (χ0) is 23.1. The number of carbonyl (C=O) groups excluding carboxylic acids is 2. The Morgan fingerprint density at radius 1 is 1.22 bits per heavy atom. The number of rotatable bonds is 9. The Kier molecular flexibility index (Phi) is 8.75. The fourth-order valence-electron chi connectivity index (χ4n) is 4.50. The molecule has 0 unspecified atom stereocenters. The van der Waals surface area contributed by atoms with Crippen molar-refractivity contribution in [3.05, 3.63) is 46.2 Å².